The summed E-state index contributed by atoms with van der Waals surface area (Å²) in [6.07, 6.45) is 9.28. The zero-order valence-corrected chi connectivity index (χ0v) is 18.6. The summed E-state index contributed by atoms with van der Waals surface area (Å²) < 4.78 is 11.1. The van der Waals surface area contributed by atoms with Gasteiger partial charge >= 0.3 is 11.9 Å². The lowest BCUT2D eigenvalue weighted by Crippen LogP contribution is -2.61. The summed E-state index contributed by atoms with van der Waals surface area (Å²) in [6, 6.07) is 0. The van der Waals surface area contributed by atoms with Crippen molar-refractivity contribution < 1.29 is 23.9 Å². The second kappa shape index (κ2) is 7.88. The minimum absolute atomic E-state index is 0.111. The van der Waals surface area contributed by atoms with E-state index in [1.165, 1.54) is 26.7 Å². The summed E-state index contributed by atoms with van der Waals surface area (Å²) in [6.45, 7) is 10.5. The predicted molar refractivity (Wildman–Crippen MR) is 110 cm³/mol. The molecule has 0 aromatic rings. The molecule has 2 unspecified atom stereocenters. The Morgan fingerprint density at radius 2 is 1.76 bits per heavy atom. The van der Waals surface area contributed by atoms with Crippen molar-refractivity contribution in [3.05, 3.63) is 11.6 Å². The molecule has 0 N–H and O–H groups in total. The Hall–Kier alpha value is -1.65. The Morgan fingerprint density at radius 1 is 1.07 bits per heavy atom. The highest BCUT2D eigenvalue weighted by atomic mass is 16.5. The molecule has 5 nitrogen and oxygen atoms in total. The summed E-state index contributed by atoms with van der Waals surface area (Å²) in [4.78, 5) is 35.2. The number of fused-ring (bicyclic) bond motifs is 3. The molecule has 0 heterocycles. The van der Waals surface area contributed by atoms with E-state index in [1.807, 2.05) is 6.08 Å². The van der Waals surface area contributed by atoms with Gasteiger partial charge in [-0.3, -0.25) is 14.4 Å². The Bertz CT molecular complexity index is 708. The Balaban J connectivity index is 2.07. The largest absolute Gasteiger partial charge is 0.465 e. The number of esters is 2. The molecule has 0 aromatic carbocycles. The molecular formula is C24H36O5. The first kappa shape index (κ1) is 22.0. The highest BCUT2D eigenvalue weighted by Gasteiger charge is 2.63. The van der Waals surface area contributed by atoms with E-state index in [2.05, 4.69) is 20.8 Å². The molecule has 5 heteroatoms. The third-order valence-electron chi connectivity index (χ3n) is 8.48. The molecular weight excluding hydrogens is 368 g/mol. The van der Waals surface area contributed by atoms with Crippen molar-refractivity contribution in [1.29, 1.82) is 0 Å². The minimum atomic E-state index is -0.370. The number of hydrogen-bond donors (Lipinski definition) is 0. The lowest BCUT2D eigenvalue weighted by molar-refractivity contribution is -0.187. The topological polar surface area (TPSA) is 69.7 Å². The molecule has 0 spiro atoms. The molecule has 0 aliphatic heterocycles. The summed E-state index contributed by atoms with van der Waals surface area (Å²) in [5.41, 5.74) is 0.706. The molecule has 0 aromatic heterocycles. The van der Waals surface area contributed by atoms with Crippen LogP contribution >= 0.6 is 0 Å². The van der Waals surface area contributed by atoms with Crippen LogP contribution in [-0.4, -0.2) is 31.4 Å². The molecule has 0 saturated heterocycles. The Labute approximate surface area is 174 Å². The average Bonchev–Trinajstić information content (AvgIpc) is 2.63. The van der Waals surface area contributed by atoms with Gasteiger partial charge in [-0.15, -0.1) is 0 Å². The molecule has 29 heavy (non-hydrogen) atoms. The zero-order valence-electron chi connectivity index (χ0n) is 18.6. The van der Waals surface area contributed by atoms with Gasteiger partial charge in [0.2, 0.25) is 0 Å². The maximum atomic E-state index is 11.9. The van der Waals surface area contributed by atoms with Crippen molar-refractivity contribution in [2.45, 2.75) is 73.1 Å². The van der Waals surface area contributed by atoms with Crippen molar-refractivity contribution in [3.63, 3.8) is 0 Å². The maximum Gasteiger partial charge on any atom is 0.302 e. The van der Waals surface area contributed by atoms with Crippen LogP contribution in [0.4, 0.5) is 0 Å². The van der Waals surface area contributed by atoms with E-state index < -0.39 is 0 Å². The molecule has 0 bridgehead atoms. The van der Waals surface area contributed by atoms with E-state index in [-0.39, 0.29) is 53.2 Å². The van der Waals surface area contributed by atoms with Crippen molar-refractivity contribution in [1.82, 2.24) is 0 Å². The zero-order chi connectivity index (χ0) is 21.4. The van der Waals surface area contributed by atoms with Gasteiger partial charge < -0.3 is 9.47 Å². The van der Waals surface area contributed by atoms with Crippen LogP contribution in [0.2, 0.25) is 0 Å². The van der Waals surface area contributed by atoms with E-state index in [0.717, 1.165) is 32.0 Å². The third kappa shape index (κ3) is 3.77. The van der Waals surface area contributed by atoms with Gasteiger partial charge in [0.25, 0.3) is 0 Å². The van der Waals surface area contributed by atoms with Crippen LogP contribution in [-0.2, 0) is 23.9 Å². The number of carbonyl (C=O) groups excluding carboxylic acids is 3. The highest BCUT2D eigenvalue weighted by molar-refractivity contribution is 5.75. The van der Waals surface area contributed by atoms with E-state index in [1.54, 1.807) is 0 Å². The molecule has 2 saturated carbocycles. The van der Waals surface area contributed by atoms with Gasteiger partial charge in [-0.25, -0.2) is 0 Å². The van der Waals surface area contributed by atoms with Crippen molar-refractivity contribution in [3.8, 4) is 0 Å². The smallest absolute Gasteiger partial charge is 0.302 e. The maximum absolute atomic E-state index is 11.9. The average molecular weight is 405 g/mol. The van der Waals surface area contributed by atoms with Gasteiger partial charge in [0.1, 0.15) is 6.29 Å². The number of carbonyl (C=O) groups is 3. The second-order valence-electron chi connectivity index (χ2n) is 10.4. The third-order valence-corrected chi connectivity index (χ3v) is 8.48. The van der Waals surface area contributed by atoms with E-state index >= 15 is 0 Å². The lowest BCUT2D eigenvalue weighted by atomic mass is 9.39. The van der Waals surface area contributed by atoms with Gasteiger partial charge in [-0.1, -0.05) is 33.3 Å². The number of ether oxygens (including phenoxy) is 2. The van der Waals surface area contributed by atoms with Crippen molar-refractivity contribution in [2.75, 3.05) is 13.2 Å². The molecule has 5 atom stereocenters. The minimum Gasteiger partial charge on any atom is -0.465 e. The van der Waals surface area contributed by atoms with Gasteiger partial charge in [0.15, 0.2) is 0 Å². The quantitative estimate of drug-likeness (QED) is 0.499. The van der Waals surface area contributed by atoms with Gasteiger partial charge in [0.05, 0.1) is 13.2 Å². The number of hydrogen-bond acceptors (Lipinski definition) is 5. The summed E-state index contributed by atoms with van der Waals surface area (Å²) in [5, 5.41) is 0. The van der Waals surface area contributed by atoms with Gasteiger partial charge in [-0.05, 0) is 60.3 Å². The van der Waals surface area contributed by atoms with Crippen LogP contribution in [0.15, 0.2) is 11.6 Å². The Morgan fingerprint density at radius 3 is 2.38 bits per heavy atom. The van der Waals surface area contributed by atoms with Gasteiger partial charge in [0, 0.05) is 25.2 Å². The summed E-state index contributed by atoms with van der Waals surface area (Å²) >= 11 is 0. The molecule has 0 amide bonds. The van der Waals surface area contributed by atoms with E-state index in [9.17, 15) is 14.4 Å². The van der Waals surface area contributed by atoms with Crippen LogP contribution in [0, 0.1) is 34.0 Å². The normalized spacial score (nSPS) is 38.1. The first-order valence-corrected chi connectivity index (χ1v) is 11.0. The van der Waals surface area contributed by atoms with Crippen LogP contribution in [0.25, 0.3) is 0 Å². The van der Waals surface area contributed by atoms with E-state index in [4.69, 9.17) is 9.47 Å². The fraction of sp³-hybridized carbons (Fsp3) is 0.792. The fourth-order valence-corrected chi connectivity index (χ4v) is 7.30. The van der Waals surface area contributed by atoms with Crippen LogP contribution < -0.4 is 0 Å². The molecule has 162 valence electrons. The summed E-state index contributed by atoms with van der Waals surface area (Å²) in [7, 11) is 0. The van der Waals surface area contributed by atoms with Crippen LogP contribution in [0.3, 0.4) is 0 Å². The number of rotatable bonds is 5. The Kier molecular flexibility index (Phi) is 5.99. The summed E-state index contributed by atoms with van der Waals surface area (Å²) in [5.74, 6) is 0.00281. The van der Waals surface area contributed by atoms with E-state index in [0.29, 0.717) is 11.5 Å². The van der Waals surface area contributed by atoms with Crippen molar-refractivity contribution in [2.24, 2.45) is 34.0 Å². The molecule has 3 aliphatic rings. The molecule has 0 radical (unpaired) electrons. The van der Waals surface area contributed by atoms with Crippen LogP contribution in [0.5, 0.6) is 0 Å². The predicted octanol–water partition coefficient (Wildman–Crippen LogP) is 4.49. The second-order valence-corrected chi connectivity index (χ2v) is 10.4. The standard InChI is InChI=1S/C24H36O5/c1-16(26)28-14-19-18(13-25)7-8-21-23(5)11-6-10-22(3,4)20(23)9-12-24(19,21)15-29-17(2)27/h7,13,19-21H,6,8-12,14-15H2,1-5H3/t19-,20?,21?,23+,24-/m1/s1. The number of aldehydes is 1. The monoisotopic (exact) mass is 404 g/mol. The number of allylic oxidation sites excluding steroid dienone is 1. The molecule has 3 rings (SSSR count). The van der Waals surface area contributed by atoms with Crippen molar-refractivity contribution >= 4 is 18.2 Å². The highest BCUT2D eigenvalue weighted by Crippen LogP contribution is 2.68. The first-order valence-electron chi connectivity index (χ1n) is 11.0. The SMILES string of the molecule is CC(=O)OC[C@@H]1C(C=O)=CCC2[C@@]3(C)CCCC(C)(C)C3CC[C@]21COC(C)=O. The molecule has 2 fully saturated rings. The van der Waals surface area contributed by atoms with Gasteiger partial charge in [-0.2, -0.15) is 0 Å². The fourth-order valence-electron chi connectivity index (χ4n) is 7.30. The lowest BCUT2D eigenvalue weighted by Gasteiger charge is -2.65. The van der Waals surface area contributed by atoms with Crippen LogP contribution in [0.1, 0.15) is 73.1 Å². The molecule has 3 aliphatic carbocycles. The first-order chi connectivity index (χ1) is 13.6.